The van der Waals surface area contributed by atoms with E-state index in [4.69, 9.17) is 12.2 Å². The Kier molecular flexibility index (Phi) is 5.78. The molecule has 0 atom stereocenters. The Hall–Kier alpha value is -1.42. The molecule has 1 rings (SSSR count). The van der Waals surface area contributed by atoms with Gasteiger partial charge < -0.3 is 5.32 Å². The molecule has 0 aliphatic heterocycles. The van der Waals surface area contributed by atoms with E-state index in [9.17, 15) is 0 Å². The Morgan fingerprint density at radius 1 is 1.33 bits per heavy atom. The topological polar surface area (TPSA) is 36.4 Å². The molecule has 3 nitrogen and oxygen atoms in total. The third-order valence-electron chi connectivity index (χ3n) is 2.72. The van der Waals surface area contributed by atoms with Gasteiger partial charge in [0.05, 0.1) is 0 Å². The first-order valence-corrected chi connectivity index (χ1v) is 6.64. The quantitative estimate of drug-likeness (QED) is 0.494. The fraction of sp³-hybridized carbons (Fsp3) is 0.429. The molecule has 0 radical (unpaired) electrons. The maximum Gasteiger partial charge on any atom is 0.191 e. The number of nitrogens with one attached hydrogen (secondary N) is 2. The molecule has 0 bridgehead atoms. The number of benzene rings is 1. The molecule has 18 heavy (non-hydrogen) atoms. The summed E-state index contributed by atoms with van der Waals surface area (Å²) in [5, 5.41) is 8.00. The summed E-state index contributed by atoms with van der Waals surface area (Å²) in [4.78, 5) is 0. The lowest BCUT2D eigenvalue weighted by atomic mass is 10.1. The molecular formula is C14H21N3S. The first kappa shape index (κ1) is 14.6. The Morgan fingerprint density at radius 3 is 2.56 bits per heavy atom. The number of nitrogens with zero attached hydrogens (tertiary/aromatic N) is 1. The number of thiocarbonyl (C=S) groups is 1. The number of hydrazone groups is 1. The van der Waals surface area contributed by atoms with E-state index in [2.05, 4.69) is 36.6 Å². The van der Waals surface area contributed by atoms with Crippen LogP contribution in [0.2, 0.25) is 0 Å². The fourth-order valence-electron chi connectivity index (χ4n) is 1.60. The van der Waals surface area contributed by atoms with Crippen molar-refractivity contribution < 1.29 is 0 Å². The highest BCUT2D eigenvalue weighted by molar-refractivity contribution is 7.80. The lowest BCUT2D eigenvalue weighted by molar-refractivity contribution is 0.833. The summed E-state index contributed by atoms with van der Waals surface area (Å²) >= 11 is 5.22. The van der Waals surface area contributed by atoms with Crippen molar-refractivity contribution in [3.05, 3.63) is 29.8 Å². The molecule has 0 aliphatic rings. The van der Waals surface area contributed by atoms with Gasteiger partial charge in [-0.15, -0.1) is 0 Å². The van der Waals surface area contributed by atoms with Crippen molar-refractivity contribution in [2.75, 3.05) is 5.32 Å². The second-order valence-corrected chi connectivity index (χ2v) is 4.90. The van der Waals surface area contributed by atoms with Gasteiger partial charge in [-0.1, -0.05) is 39.0 Å². The second-order valence-electron chi connectivity index (χ2n) is 4.49. The third kappa shape index (κ3) is 4.45. The predicted octanol–water partition coefficient (Wildman–Crippen LogP) is 3.70. The minimum Gasteiger partial charge on any atom is -0.331 e. The SMILES string of the molecule is CC/C(=N/NC(=S)Nc1ccccc1C)C(C)C. The van der Waals surface area contributed by atoms with Gasteiger partial charge in [-0.05, 0) is 43.1 Å². The molecule has 0 aliphatic carbocycles. The van der Waals surface area contributed by atoms with Gasteiger partial charge in [0.2, 0.25) is 0 Å². The minimum atomic E-state index is 0.434. The molecule has 0 spiro atoms. The van der Waals surface area contributed by atoms with Gasteiger partial charge in [-0.25, -0.2) is 0 Å². The van der Waals surface area contributed by atoms with Crippen molar-refractivity contribution in [3.63, 3.8) is 0 Å². The molecule has 0 unspecified atom stereocenters. The van der Waals surface area contributed by atoms with E-state index < -0.39 is 0 Å². The number of hydrogen-bond acceptors (Lipinski definition) is 2. The van der Waals surface area contributed by atoms with Crippen LogP contribution in [0.4, 0.5) is 5.69 Å². The van der Waals surface area contributed by atoms with Gasteiger partial charge in [-0.2, -0.15) is 5.10 Å². The summed E-state index contributed by atoms with van der Waals surface area (Å²) < 4.78 is 0. The molecule has 0 saturated carbocycles. The lowest BCUT2D eigenvalue weighted by Gasteiger charge is -2.12. The Balaban J connectivity index is 2.60. The smallest absolute Gasteiger partial charge is 0.191 e. The number of aryl methyl sites for hydroxylation is 1. The minimum absolute atomic E-state index is 0.434. The van der Waals surface area contributed by atoms with E-state index in [0.29, 0.717) is 11.0 Å². The zero-order valence-electron chi connectivity index (χ0n) is 11.4. The third-order valence-corrected chi connectivity index (χ3v) is 2.92. The summed E-state index contributed by atoms with van der Waals surface area (Å²) in [6.45, 7) is 8.39. The first-order chi connectivity index (χ1) is 8.54. The van der Waals surface area contributed by atoms with Crippen LogP contribution in [0, 0.1) is 12.8 Å². The Bertz CT molecular complexity index is 438. The van der Waals surface area contributed by atoms with Gasteiger partial charge in [-0.3, -0.25) is 5.43 Å². The van der Waals surface area contributed by atoms with Crippen LogP contribution >= 0.6 is 12.2 Å². The largest absolute Gasteiger partial charge is 0.331 e. The molecule has 0 heterocycles. The normalized spacial score (nSPS) is 11.5. The molecule has 98 valence electrons. The number of anilines is 1. The van der Waals surface area contributed by atoms with Crippen molar-refractivity contribution in [1.82, 2.24) is 5.43 Å². The van der Waals surface area contributed by atoms with Crippen LogP contribution < -0.4 is 10.7 Å². The van der Waals surface area contributed by atoms with E-state index >= 15 is 0 Å². The zero-order valence-corrected chi connectivity index (χ0v) is 12.3. The van der Waals surface area contributed by atoms with Crippen molar-refractivity contribution in [2.45, 2.75) is 34.1 Å². The van der Waals surface area contributed by atoms with E-state index in [-0.39, 0.29) is 0 Å². The number of rotatable bonds is 4. The molecule has 0 saturated heterocycles. The van der Waals surface area contributed by atoms with Crippen LogP contribution in [0.15, 0.2) is 29.4 Å². The van der Waals surface area contributed by atoms with Gasteiger partial charge in [0, 0.05) is 11.4 Å². The second kappa shape index (κ2) is 7.11. The summed E-state index contributed by atoms with van der Waals surface area (Å²) in [7, 11) is 0. The monoisotopic (exact) mass is 263 g/mol. The van der Waals surface area contributed by atoms with E-state index in [0.717, 1.165) is 23.4 Å². The van der Waals surface area contributed by atoms with Crippen LogP contribution in [-0.2, 0) is 0 Å². The summed E-state index contributed by atoms with van der Waals surface area (Å²) in [5.74, 6) is 0.434. The molecular weight excluding hydrogens is 242 g/mol. The van der Waals surface area contributed by atoms with Gasteiger partial charge in [0.15, 0.2) is 5.11 Å². The predicted molar refractivity (Wildman–Crippen MR) is 83.1 cm³/mol. The number of hydrogen-bond donors (Lipinski definition) is 2. The highest BCUT2D eigenvalue weighted by atomic mass is 32.1. The van der Waals surface area contributed by atoms with Crippen molar-refractivity contribution in [2.24, 2.45) is 11.0 Å². The van der Waals surface area contributed by atoms with Crippen LogP contribution in [0.1, 0.15) is 32.8 Å². The molecule has 0 amide bonds. The zero-order chi connectivity index (χ0) is 13.5. The highest BCUT2D eigenvalue weighted by Crippen LogP contribution is 2.12. The Labute approximate surface area is 115 Å². The molecule has 1 aromatic carbocycles. The van der Waals surface area contributed by atoms with Gasteiger partial charge in [0.1, 0.15) is 0 Å². The fourth-order valence-corrected chi connectivity index (χ4v) is 1.76. The van der Waals surface area contributed by atoms with E-state index in [1.807, 2.05) is 31.2 Å². The van der Waals surface area contributed by atoms with Gasteiger partial charge in [0.25, 0.3) is 0 Å². The maximum atomic E-state index is 5.22. The van der Waals surface area contributed by atoms with Crippen LogP contribution in [0.3, 0.4) is 0 Å². The summed E-state index contributed by atoms with van der Waals surface area (Å²) in [6.07, 6.45) is 0.928. The first-order valence-electron chi connectivity index (χ1n) is 6.23. The molecule has 0 aromatic heterocycles. The molecule has 4 heteroatoms. The van der Waals surface area contributed by atoms with Crippen LogP contribution in [-0.4, -0.2) is 10.8 Å². The standard InChI is InChI=1S/C14H21N3S/c1-5-12(10(2)3)16-17-14(18)15-13-9-7-6-8-11(13)4/h6-10H,5H2,1-4H3,(H2,15,17,18)/b16-12-. The number of para-hydroxylation sites is 1. The lowest BCUT2D eigenvalue weighted by Crippen LogP contribution is -2.26. The van der Waals surface area contributed by atoms with E-state index in [1.54, 1.807) is 0 Å². The van der Waals surface area contributed by atoms with Crippen molar-refractivity contribution >= 4 is 28.7 Å². The van der Waals surface area contributed by atoms with E-state index in [1.165, 1.54) is 0 Å². The van der Waals surface area contributed by atoms with Crippen molar-refractivity contribution in [3.8, 4) is 0 Å². The summed E-state index contributed by atoms with van der Waals surface area (Å²) in [6, 6.07) is 8.02. The van der Waals surface area contributed by atoms with Crippen molar-refractivity contribution in [1.29, 1.82) is 0 Å². The molecule has 2 N–H and O–H groups in total. The molecule has 1 aromatic rings. The van der Waals surface area contributed by atoms with Crippen LogP contribution in [0.25, 0.3) is 0 Å². The molecule has 0 fully saturated rings. The van der Waals surface area contributed by atoms with Gasteiger partial charge >= 0.3 is 0 Å². The average molecular weight is 263 g/mol. The Morgan fingerprint density at radius 2 is 2.00 bits per heavy atom. The highest BCUT2D eigenvalue weighted by Gasteiger charge is 2.03. The summed E-state index contributed by atoms with van der Waals surface area (Å²) in [5.41, 5.74) is 6.18. The maximum absolute atomic E-state index is 5.22. The average Bonchev–Trinajstić information content (AvgIpc) is 2.32. The van der Waals surface area contributed by atoms with Crippen LogP contribution in [0.5, 0.6) is 0 Å².